The molecule has 0 unspecified atom stereocenters. The lowest BCUT2D eigenvalue weighted by Crippen LogP contribution is -2.18. The standard InChI is InChI=1S/C27H22BrFN2O4/c1-33-24-14-20-6-4-3-5-19(20)13-22(24)27(32)31-30-15-18-11-23(28)26(25(12-18)34-2)35-16-17-7-9-21(29)10-8-17/h3-15H,16H2,1-2H3,(H,31,32)/b30-15-. The molecule has 0 heterocycles. The summed E-state index contributed by atoms with van der Waals surface area (Å²) in [5.41, 5.74) is 4.42. The van der Waals surface area contributed by atoms with Gasteiger partial charge in [-0.3, -0.25) is 4.79 Å². The van der Waals surface area contributed by atoms with Crippen molar-refractivity contribution in [2.75, 3.05) is 14.2 Å². The summed E-state index contributed by atoms with van der Waals surface area (Å²) in [5, 5.41) is 5.99. The Labute approximate surface area is 210 Å². The first kappa shape index (κ1) is 24.2. The Balaban J connectivity index is 1.48. The van der Waals surface area contributed by atoms with E-state index in [0.29, 0.717) is 32.8 Å². The van der Waals surface area contributed by atoms with Crippen LogP contribution in [0.5, 0.6) is 17.2 Å². The molecule has 6 nitrogen and oxygen atoms in total. The van der Waals surface area contributed by atoms with Crippen molar-refractivity contribution < 1.29 is 23.4 Å². The van der Waals surface area contributed by atoms with Crippen LogP contribution in [-0.4, -0.2) is 26.3 Å². The SMILES string of the molecule is COc1cc2ccccc2cc1C(=O)N/N=C\c1cc(Br)c(OCc2ccc(F)cc2)c(OC)c1. The van der Waals surface area contributed by atoms with Gasteiger partial charge in [0.2, 0.25) is 0 Å². The van der Waals surface area contributed by atoms with Crippen molar-refractivity contribution in [2.24, 2.45) is 5.10 Å². The van der Waals surface area contributed by atoms with Gasteiger partial charge in [0.1, 0.15) is 18.2 Å². The zero-order valence-corrected chi connectivity index (χ0v) is 20.6. The average Bonchev–Trinajstić information content (AvgIpc) is 2.87. The summed E-state index contributed by atoms with van der Waals surface area (Å²) in [7, 11) is 3.05. The number of nitrogens with zero attached hydrogens (tertiary/aromatic N) is 1. The van der Waals surface area contributed by atoms with Gasteiger partial charge < -0.3 is 14.2 Å². The number of nitrogens with one attached hydrogen (secondary N) is 1. The topological polar surface area (TPSA) is 69.2 Å². The van der Waals surface area contributed by atoms with E-state index in [0.717, 1.165) is 16.3 Å². The number of benzene rings is 4. The van der Waals surface area contributed by atoms with Crippen molar-refractivity contribution in [3.8, 4) is 17.2 Å². The lowest BCUT2D eigenvalue weighted by molar-refractivity contribution is 0.0952. The summed E-state index contributed by atoms with van der Waals surface area (Å²) in [6.07, 6.45) is 1.50. The van der Waals surface area contributed by atoms with E-state index in [9.17, 15) is 9.18 Å². The molecule has 4 aromatic rings. The highest BCUT2D eigenvalue weighted by Crippen LogP contribution is 2.37. The first-order valence-corrected chi connectivity index (χ1v) is 11.4. The minimum atomic E-state index is -0.394. The van der Waals surface area contributed by atoms with Crippen molar-refractivity contribution in [2.45, 2.75) is 6.61 Å². The monoisotopic (exact) mass is 536 g/mol. The van der Waals surface area contributed by atoms with Gasteiger partial charge in [-0.05, 0) is 74.2 Å². The predicted molar refractivity (Wildman–Crippen MR) is 137 cm³/mol. The Kier molecular flexibility index (Phi) is 7.62. The molecular formula is C27H22BrFN2O4. The van der Waals surface area contributed by atoms with Crippen molar-refractivity contribution in [1.82, 2.24) is 5.43 Å². The minimum absolute atomic E-state index is 0.242. The maximum Gasteiger partial charge on any atom is 0.275 e. The van der Waals surface area contributed by atoms with Gasteiger partial charge in [-0.15, -0.1) is 0 Å². The van der Waals surface area contributed by atoms with E-state index < -0.39 is 5.91 Å². The molecule has 178 valence electrons. The third kappa shape index (κ3) is 5.78. The Morgan fingerprint density at radius 3 is 2.34 bits per heavy atom. The highest BCUT2D eigenvalue weighted by molar-refractivity contribution is 9.10. The van der Waals surface area contributed by atoms with Gasteiger partial charge in [-0.2, -0.15) is 5.10 Å². The number of carbonyl (C=O) groups is 1. The van der Waals surface area contributed by atoms with E-state index in [4.69, 9.17) is 14.2 Å². The van der Waals surface area contributed by atoms with Crippen LogP contribution >= 0.6 is 15.9 Å². The number of halogens is 2. The molecule has 0 saturated carbocycles. The number of methoxy groups -OCH3 is 2. The maximum absolute atomic E-state index is 13.1. The quantitative estimate of drug-likeness (QED) is 0.218. The van der Waals surface area contributed by atoms with Crippen molar-refractivity contribution >= 4 is 38.8 Å². The molecule has 0 aliphatic rings. The second-order valence-electron chi connectivity index (χ2n) is 7.55. The number of hydrogen-bond acceptors (Lipinski definition) is 5. The summed E-state index contributed by atoms with van der Waals surface area (Å²) < 4.78 is 30.5. The third-order valence-corrected chi connectivity index (χ3v) is 5.83. The minimum Gasteiger partial charge on any atom is -0.496 e. The number of fused-ring (bicyclic) bond motifs is 1. The van der Waals surface area contributed by atoms with Gasteiger partial charge in [0.25, 0.3) is 5.91 Å². The molecule has 0 spiro atoms. The highest BCUT2D eigenvalue weighted by Gasteiger charge is 2.14. The van der Waals surface area contributed by atoms with Crippen LogP contribution < -0.4 is 19.6 Å². The van der Waals surface area contributed by atoms with Gasteiger partial charge in [-0.25, -0.2) is 9.82 Å². The summed E-state index contributed by atoms with van der Waals surface area (Å²) in [6, 6.07) is 20.9. The number of hydrogen-bond donors (Lipinski definition) is 1. The molecule has 0 radical (unpaired) electrons. The van der Waals surface area contributed by atoms with Crippen LogP contribution in [0.1, 0.15) is 21.5 Å². The second-order valence-corrected chi connectivity index (χ2v) is 8.40. The Bertz CT molecular complexity index is 1390. The molecule has 0 aliphatic heterocycles. The van der Waals surface area contributed by atoms with Crippen LogP contribution in [0.25, 0.3) is 10.8 Å². The highest BCUT2D eigenvalue weighted by atomic mass is 79.9. The van der Waals surface area contributed by atoms with Gasteiger partial charge >= 0.3 is 0 Å². The first-order valence-electron chi connectivity index (χ1n) is 10.6. The van der Waals surface area contributed by atoms with Crippen LogP contribution in [0, 0.1) is 5.82 Å². The molecule has 0 saturated heterocycles. The van der Waals surface area contributed by atoms with Gasteiger partial charge in [-0.1, -0.05) is 36.4 Å². The zero-order chi connectivity index (χ0) is 24.8. The van der Waals surface area contributed by atoms with Crippen LogP contribution in [0.3, 0.4) is 0 Å². The number of ether oxygens (including phenoxy) is 3. The van der Waals surface area contributed by atoms with E-state index in [1.54, 1.807) is 30.3 Å². The lowest BCUT2D eigenvalue weighted by Gasteiger charge is -2.13. The second kappa shape index (κ2) is 11.0. The molecule has 1 N–H and O–H groups in total. The molecule has 0 bridgehead atoms. The molecule has 0 aromatic heterocycles. The first-order chi connectivity index (χ1) is 17.0. The molecule has 0 atom stereocenters. The largest absolute Gasteiger partial charge is 0.496 e. The Morgan fingerprint density at radius 2 is 1.66 bits per heavy atom. The van der Waals surface area contributed by atoms with E-state index in [-0.39, 0.29) is 12.4 Å². The normalized spacial score (nSPS) is 11.0. The van der Waals surface area contributed by atoms with Gasteiger partial charge in [0.15, 0.2) is 11.5 Å². The molecule has 4 aromatic carbocycles. The molecule has 1 amide bonds. The fraction of sp³-hybridized carbons (Fsp3) is 0.111. The fourth-order valence-corrected chi connectivity index (χ4v) is 4.06. The molecule has 35 heavy (non-hydrogen) atoms. The summed E-state index contributed by atoms with van der Waals surface area (Å²) in [5.74, 6) is 0.740. The molecule has 4 rings (SSSR count). The molecule has 0 aliphatic carbocycles. The summed E-state index contributed by atoms with van der Waals surface area (Å²) in [4.78, 5) is 12.8. The van der Waals surface area contributed by atoms with E-state index in [1.807, 2.05) is 30.3 Å². The lowest BCUT2D eigenvalue weighted by atomic mass is 10.1. The number of hydrazone groups is 1. The number of rotatable bonds is 8. The number of amides is 1. The van der Waals surface area contributed by atoms with Crippen molar-refractivity contribution in [3.63, 3.8) is 0 Å². The molecular weight excluding hydrogens is 515 g/mol. The zero-order valence-electron chi connectivity index (χ0n) is 19.0. The van der Waals surface area contributed by atoms with Crippen LogP contribution in [0.4, 0.5) is 4.39 Å². The van der Waals surface area contributed by atoms with Crippen LogP contribution in [-0.2, 0) is 6.61 Å². The summed E-state index contributed by atoms with van der Waals surface area (Å²) >= 11 is 3.49. The van der Waals surface area contributed by atoms with E-state index >= 15 is 0 Å². The third-order valence-electron chi connectivity index (χ3n) is 5.24. The predicted octanol–water partition coefficient (Wildman–Crippen LogP) is 6.10. The van der Waals surface area contributed by atoms with Gasteiger partial charge in [0, 0.05) is 0 Å². The summed E-state index contributed by atoms with van der Waals surface area (Å²) in [6.45, 7) is 0.242. The van der Waals surface area contributed by atoms with Crippen LogP contribution in [0.15, 0.2) is 82.4 Å². The Hall–Kier alpha value is -3.91. The Morgan fingerprint density at radius 1 is 0.971 bits per heavy atom. The fourth-order valence-electron chi connectivity index (χ4n) is 3.48. The van der Waals surface area contributed by atoms with Crippen molar-refractivity contribution in [3.05, 3.63) is 99.8 Å². The smallest absolute Gasteiger partial charge is 0.275 e. The van der Waals surface area contributed by atoms with Crippen LogP contribution in [0.2, 0.25) is 0 Å². The van der Waals surface area contributed by atoms with E-state index in [2.05, 4.69) is 26.5 Å². The van der Waals surface area contributed by atoms with Gasteiger partial charge in [0.05, 0.1) is 30.5 Å². The molecule has 0 fully saturated rings. The average molecular weight is 537 g/mol. The maximum atomic E-state index is 13.1. The van der Waals surface area contributed by atoms with Crippen molar-refractivity contribution in [1.29, 1.82) is 0 Å². The van der Waals surface area contributed by atoms with E-state index in [1.165, 1.54) is 32.6 Å². The number of carbonyl (C=O) groups excluding carboxylic acids is 1. The molecule has 8 heteroatoms.